The molecule has 1 unspecified atom stereocenters. The van der Waals surface area contributed by atoms with Crippen LogP contribution in [-0.4, -0.2) is 32.5 Å². The first-order valence-corrected chi connectivity index (χ1v) is 8.02. The summed E-state index contributed by atoms with van der Waals surface area (Å²) in [5.74, 6) is 0.595. The van der Waals surface area contributed by atoms with Crippen LogP contribution in [0.5, 0.6) is 0 Å². The van der Waals surface area contributed by atoms with E-state index in [0.717, 1.165) is 25.7 Å². The first-order chi connectivity index (χ1) is 11.1. The van der Waals surface area contributed by atoms with Crippen LogP contribution >= 0.6 is 0 Å². The van der Waals surface area contributed by atoms with Gasteiger partial charge in [0.05, 0.1) is 6.20 Å². The molecule has 7 heteroatoms. The molecule has 1 atom stereocenters. The summed E-state index contributed by atoms with van der Waals surface area (Å²) in [7, 11) is 0. The van der Waals surface area contributed by atoms with Gasteiger partial charge in [-0.2, -0.15) is 9.61 Å². The van der Waals surface area contributed by atoms with Gasteiger partial charge in [-0.1, -0.05) is 12.8 Å². The molecule has 1 aliphatic carbocycles. The minimum Gasteiger partial charge on any atom is -0.353 e. The van der Waals surface area contributed by atoms with E-state index >= 15 is 0 Å². The largest absolute Gasteiger partial charge is 0.353 e. The van der Waals surface area contributed by atoms with Gasteiger partial charge in [0.25, 0.3) is 0 Å². The fourth-order valence-electron chi connectivity index (χ4n) is 3.00. The molecule has 0 aliphatic heterocycles. The van der Waals surface area contributed by atoms with Gasteiger partial charge in [0, 0.05) is 30.6 Å². The Kier molecular flexibility index (Phi) is 4.55. The molecule has 7 nitrogen and oxygen atoms in total. The van der Waals surface area contributed by atoms with Gasteiger partial charge in [0.2, 0.25) is 11.8 Å². The van der Waals surface area contributed by atoms with Crippen molar-refractivity contribution in [3.63, 3.8) is 0 Å². The number of hydrogen-bond acceptors (Lipinski definition) is 4. The molecular formula is C16H21N5O2. The second-order valence-electron chi connectivity index (χ2n) is 6.07. The third-order valence-electron chi connectivity index (χ3n) is 4.16. The molecule has 0 radical (unpaired) electrons. The Morgan fingerprint density at radius 3 is 2.87 bits per heavy atom. The van der Waals surface area contributed by atoms with Crippen LogP contribution in [-0.2, 0) is 9.59 Å². The predicted molar refractivity (Wildman–Crippen MR) is 85.8 cm³/mol. The van der Waals surface area contributed by atoms with Gasteiger partial charge in [-0.3, -0.25) is 9.59 Å². The molecule has 2 aromatic rings. The maximum Gasteiger partial charge on any atom is 0.227 e. The molecule has 1 aliphatic rings. The second kappa shape index (κ2) is 6.76. The number of nitrogens with one attached hydrogen (secondary N) is 2. The highest BCUT2D eigenvalue weighted by Gasteiger charge is 2.24. The highest BCUT2D eigenvalue weighted by atomic mass is 16.2. The smallest absolute Gasteiger partial charge is 0.227 e. The average Bonchev–Trinajstić information content (AvgIpc) is 3.19. The van der Waals surface area contributed by atoms with Gasteiger partial charge >= 0.3 is 0 Å². The number of nitrogens with zero attached hydrogens (tertiary/aromatic N) is 3. The lowest BCUT2D eigenvalue weighted by atomic mass is 10.1. The monoisotopic (exact) mass is 315 g/mol. The Hall–Kier alpha value is -2.44. The molecular weight excluding hydrogens is 294 g/mol. The van der Waals surface area contributed by atoms with E-state index in [1.807, 2.05) is 6.92 Å². The zero-order chi connectivity index (χ0) is 16.2. The Labute approximate surface area is 134 Å². The molecule has 0 spiro atoms. The number of hydrogen-bond donors (Lipinski definition) is 2. The predicted octanol–water partition coefficient (Wildman–Crippen LogP) is 1.75. The molecule has 1 saturated carbocycles. The van der Waals surface area contributed by atoms with Gasteiger partial charge in [-0.15, -0.1) is 0 Å². The number of carbonyl (C=O) groups is 2. The van der Waals surface area contributed by atoms with Crippen LogP contribution in [0.25, 0.3) is 5.65 Å². The molecule has 23 heavy (non-hydrogen) atoms. The SMILES string of the molecule is CC(CC(=O)Nc1ccnc2ccnn12)NC(=O)C1CCCC1. The maximum atomic E-state index is 12.2. The van der Waals surface area contributed by atoms with Crippen LogP contribution in [0.15, 0.2) is 24.5 Å². The Morgan fingerprint density at radius 2 is 2.09 bits per heavy atom. The van der Waals surface area contributed by atoms with Gasteiger partial charge in [0.15, 0.2) is 5.65 Å². The number of fused-ring (bicyclic) bond motifs is 1. The summed E-state index contributed by atoms with van der Waals surface area (Å²) in [6, 6.07) is 3.26. The quantitative estimate of drug-likeness (QED) is 0.880. The molecule has 2 aromatic heterocycles. The first-order valence-electron chi connectivity index (χ1n) is 8.02. The van der Waals surface area contributed by atoms with Crippen molar-refractivity contribution in [1.82, 2.24) is 19.9 Å². The summed E-state index contributed by atoms with van der Waals surface area (Å²) in [6.45, 7) is 1.85. The van der Waals surface area contributed by atoms with Gasteiger partial charge in [-0.05, 0) is 25.8 Å². The van der Waals surface area contributed by atoms with Gasteiger partial charge in [-0.25, -0.2) is 4.98 Å². The third kappa shape index (κ3) is 3.67. The molecule has 0 aromatic carbocycles. The number of anilines is 1. The molecule has 2 N–H and O–H groups in total. The number of aromatic nitrogens is 3. The summed E-state index contributed by atoms with van der Waals surface area (Å²) >= 11 is 0. The van der Waals surface area contributed by atoms with E-state index in [1.54, 1.807) is 29.0 Å². The summed E-state index contributed by atoms with van der Waals surface area (Å²) < 4.78 is 1.57. The van der Waals surface area contributed by atoms with Crippen LogP contribution in [0.2, 0.25) is 0 Å². The molecule has 1 fully saturated rings. The maximum absolute atomic E-state index is 12.2. The zero-order valence-electron chi connectivity index (χ0n) is 13.2. The Bertz CT molecular complexity index is 705. The topological polar surface area (TPSA) is 88.4 Å². The summed E-state index contributed by atoms with van der Waals surface area (Å²) in [5.41, 5.74) is 0.672. The van der Waals surface area contributed by atoms with E-state index in [9.17, 15) is 9.59 Å². The van der Waals surface area contributed by atoms with Crippen LogP contribution in [0.1, 0.15) is 39.0 Å². The van der Waals surface area contributed by atoms with E-state index in [-0.39, 0.29) is 30.2 Å². The Balaban J connectivity index is 1.54. The molecule has 0 bridgehead atoms. The van der Waals surface area contributed by atoms with Crippen molar-refractivity contribution in [2.24, 2.45) is 5.92 Å². The van der Waals surface area contributed by atoms with Crippen molar-refractivity contribution >= 4 is 23.3 Å². The van der Waals surface area contributed by atoms with E-state index in [2.05, 4.69) is 20.7 Å². The van der Waals surface area contributed by atoms with Crippen LogP contribution < -0.4 is 10.6 Å². The van der Waals surface area contributed by atoms with Crippen molar-refractivity contribution in [3.8, 4) is 0 Å². The Morgan fingerprint density at radius 1 is 1.30 bits per heavy atom. The van der Waals surface area contributed by atoms with Gasteiger partial charge < -0.3 is 10.6 Å². The lowest BCUT2D eigenvalue weighted by Crippen LogP contribution is -2.38. The minimum atomic E-state index is -0.196. The standard InChI is InChI=1S/C16H21N5O2/c1-11(19-16(23)12-4-2-3-5-12)10-15(22)20-14-6-8-17-13-7-9-18-21(13)14/h6-9,11-12H,2-5,10H2,1H3,(H,19,23)(H,20,22). The highest BCUT2D eigenvalue weighted by Crippen LogP contribution is 2.24. The molecule has 2 heterocycles. The van der Waals surface area contributed by atoms with E-state index in [4.69, 9.17) is 0 Å². The molecule has 3 rings (SSSR count). The van der Waals surface area contributed by atoms with Crippen molar-refractivity contribution in [3.05, 3.63) is 24.5 Å². The van der Waals surface area contributed by atoms with Crippen molar-refractivity contribution in [2.75, 3.05) is 5.32 Å². The molecule has 2 amide bonds. The second-order valence-corrected chi connectivity index (χ2v) is 6.07. The van der Waals surface area contributed by atoms with Crippen LogP contribution in [0, 0.1) is 5.92 Å². The fourth-order valence-corrected chi connectivity index (χ4v) is 3.00. The average molecular weight is 315 g/mol. The lowest BCUT2D eigenvalue weighted by molar-refractivity contribution is -0.125. The number of amides is 2. The normalized spacial score (nSPS) is 16.4. The van der Waals surface area contributed by atoms with E-state index in [0.29, 0.717) is 11.5 Å². The third-order valence-corrected chi connectivity index (χ3v) is 4.16. The minimum absolute atomic E-state index is 0.0705. The molecule has 0 saturated heterocycles. The summed E-state index contributed by atoms with van der Waals surface area (Å²) in [6.07, 6.45) is 7.63. The fraction of sp³-hybridized carbons (Fsp3) is 0.500. The number of rotatable bonds is 5. The van der Waals surface area contributed by atoms with Crippen molar-refractivity contribution in [1.29, 1.82) is 0 Å². The number of carbonyl (C=O) groups excluding carboxylic acids is 2. The zero-order valence-corrected chi connectivity index (χ0v) is 13.2. The first kappa shape index (κ1) is 15.5. The lowest BCUT2D eigenvalue weighted by Gasteiger charge is -2.16. The van der Waals surface area contributed by atoms with Crippen LogP contribution in [0.4, 0.5) is 5.82 Å². The van der Waals surface area contributed by atoms with Crippen molar-refractivity contribution < 1.29 is 9.59 Å². The van der Waals surface area contributed by atoms with Crippen LogP contribution in [0.3, 0.4) is 0 Å². The molecule has 122 valence electrons. The van der Waals surface area contributed by atoms with Gasteiger partial charge in [0.1, 0.15) is 5.82 Å². The van der Waals surface area contributed by atoms with E-state index < -0.39 is 0 Å². The van der Waals surface area contributed by atoms with E-state index in [1.165, 1.54) is 0 Å². The van der Waals surface area contributed by atoms with Crippen molar-refractivity contribution in [2.45, 2.75) is 45.1 Å². The summed E-state index contributed by atoms with van der Waals surface area (Å²) in [5, 5.41) is 9.87. The highest BCUT2D eigenvalue weighted by molar-refractivity contribution is 5.91. The summed E-state index contributed by atoms with van der Waals surface area (Å²) in [4.78, 5) is 28.4.